The lowest BCUT2D eigenvalue weighted by molar-refractivity contribution is 0.277. The quantitative estimate of drug-likeness (QED) is 0.723. The minimum absolute atomic E-state index is 0.591. The second-order valence-electron chi connectivity index (χ2n) is 4.86. The molecule has 0 aliphatic carbocycles. The van der Waals surface area contributed by atoms with Gasteiger partial charge in [-0.15, -0.1) is 0 Å². The molecule has 110 valence electrons. The minimum Gasteiger partial charge on any atom is -0.494 e. The first-order valence-electron chi connectivity index (χ1n) is 6.66. The van der Waals surface area contributed by atoms with Crippen molar-refractivity contribution in [1.29, 1.82) is 0 Å². The molecule has 6 heteroatoms. The van der Waals surface area contributed by atoms with Gasteiger partial charge >= 0.3 is 0 Å². The molecule has 0 radical (unpaired) electrons. The molecule has 1 saturated heterocycles. The Morgan fingerprint density at radius 1 is 1.30 bits per heavy atom. The van der Waals surface area contributed by atoms with Crippen LogP contribution in [0.4, 0.5) is 0 Å². The Kier molecular flexibility index (Phi) is 5.69. The molecule has 1 aliphatic heterocycles. The van der Waals surface area contributed by atoms with Crippen LogP contribution in [0.15, 0.2) is 23.1 Å². The molecule has 0 spiro atoms. The van der Waals surface area contributed by atoms with Crippen LogP contribution in [0.1, 0.15) is 19.3 Å². The van der Waals surface area contributed by atoms with E-state index in [0.29, 0.717) is 5.15 Å². The van der Waals surface area contributed by atoms with Gasteiger partial charge in [0, 0.05) is 0 Å². The molecule has 0 N–H and O–H groups in total. The van der Waals surface area contributed by atoms with Crippen LogP contribution in [-0.4, -0.2) is 41.5 Å². The molecule has 1 aliphatic rings. The van der Waals surface area contributed by atoms with Crippen LogP contribution in [0.2, 0.25) is 5.15 Å². The number of likely N-dealkylation sites (tertiary alicyclic amines) is 1. The van der Waals surface area contributed by atoms with E-state index in [-0.39, 0.29) is 0 Å². The molecular formula is C14H19BrClN3O. The Balaban J connectivity index is 0.000000178. The third kappa shape index (κ3) is 3.65. The van der Waals surface area contributed by atoms with Crippen molar-refractivity contribution < 1.29 is 4.74 Å². The van der Waals surface area contributed by atoms with E-state index in [0.717, 1.165) is 15.7 Å². The third-order valence-electron chi connectivity index (χ3n) is 3.36. The number of ether oxygens (including phenoxy) is 1. The van der Waals surface area contributed by atoms with Gasteiger partial charge in [0.2, 0.25) is 0 Å². The number of piperidine rings is 1. The number of imidazole rings is 1. The number of halogens is 2. The number of hydrogen-bond acceptors (Lipinski definition) is 3. The number of methoxy groups -OCH3 is 1. The van der Waals surface area contributed by atoms with Crippen molar-refractivity contribution in [2.45, 2.75) is 19.3 Å². The van der Waals surface area contributed by atoms with E-state index >= 15 is 0 Å². The highest BCUT2D eigenvalue weighted by molar-refractivity contribution is 9.10. The highest BCUT2D eigenvalue weighted by Crippen LogP contribution is 2.30. The molecule has 0 aromatic carbocycles. The summed E-state index contributed by atoms with van der Waals surface area (Å²) in [4.78, 5) is 6.38. The van der Waals surface area contributed by atoms with Crippen LogP contribution >= 0.6 is 27.5 Å². The lowest BCUT2D eigenvalue weighted by atomic mass is 10.1. The van der Waals surface area contributed by atoms with E-state index in [1.807, 2.05) is 6.07 Å². The number of fused-ring (bicyclic) bond motifs is 1. The highest BCUT2D eigenvalue weighted by Gasteiger charge is 2.08. The van der Waals surface area contributed by atoms with E-state index < -0.39 is 0 Å². The van der Waals surface area contributed by atoms with Crippen LogP contribution < -0.4 is 4.74 Å². The fourth-order valence-electron chi connectivity index (χ4n) is 2.21. The summed E-state index contributed by atoms with van der Waals surface area (Å²) in [5, 5.41) is 0.591. The van der Waals surface area contributed by atoms with Crippen molar-refractivity contribution in [1.82, 2.24) is 14.3 Å². The van der Waals surface area contributed by atoms with Gasteiger partial charge in [0.05, 0.1) is 17.8 Å². The van der Waals surface area contributed by atoms with Gasteiger partial charge < -0.3 is 9.64 Å². The van der Waals surface area contributed by atoms with Gasteiger partial charge in [-0.05, 0) is 55.0 Å². The molecule has 3 heterocycles. The molecule has 2 aromatic rings. The van der Waals surface area contributed by atoms with E-state index in [1.165, 1.54) is 32.4 Å². The Labute approximate surface area is 132 Å². The first-order valence-corrected chi connectivity index (χ1v) is 7.83. The molecule has 0 saturated carbocycles. The zero-order valence-electron chi connectivity index (χ0n) is 11.8. The average Bonchev–Trinajstić information content (AvgIpc) is 2.94. The van der Waals surface area contributed by atoms with Crippen LogP contribution in [-0.2, 0) is 0 Å². The van der Waals surface area contributed by atoms with Gasteiger partial charge in [-0.25, -0.2) is 4.98 Å². The lowest BCUT2D eigenvalue weighted by Gasteiger charge is -2.20. The largest absolute Gasteiger partial charge is 0.494 e. The molecule has 0 amide bonds. The molecule has 0 unspecified atom stereocenters. The topological polar surface area (TPSA) is 29.8 Å². The van der Waals surface area contributed by atoms with Gasteiger partial charge in [0.25, 0.3) is 0 Å². The maximum Gasteiger partial charge on any atom is 0.145 e. The molecule has 0 atom stereocenters. The number of aromatic nitrogens is 2. The van der Waals surface area contributed by atoms with Gasteiger partial charge in [-0.1, -0.05) is 18.0 Å². The van der Waals surface area contributed by atoms with Gasteiger partial charge in [-0.3, -0.25) is 4.40 Å². The molecule has 0 bridgehead atoms. The van der Waals surface area contributed by atoms with E-state index in [4.69, 9.17) is 16.3 Å². The third-order valence-corrected chi connectivity index (χ3v) is 4.58. The van der Waals surface area contributed by atoms with Crippen LogP contribution in [0.5, 0.6) is 5.75 Å². The summed E-state index contributed by atoms with van der Waals surface area (Å²) >= 11 is 9.35. The van der Waals surface area contributed by atoms with Gasteiger partial charge in [0.1, 0.15) is 22.7 Å². The standard InChI is InChI=1S/C8H6BrClN2O.C6H13N/c1-13-7-2-5(9)8(10)12-4-11-3-6(7)12;1-7-5-3-2-4-6-7/h2-4H,1H3;2-6H2,1H3. The smallest absolute Gasteiger partial charge is 0.145 e. The van der Waals surface area contributed by atoms with Crippen molar-refractivity contribution in [3.8, 4) is 5.75 Å². The number of nitrogens with zero attached hydrogens (tertiary/aromatic N) is 3. The molecule has 2 aromatic heterocycles. The Morgan fingerprint density at radius 2 is 2.00 bits per heavy atom. The minimum atomic E-state index is 0.591. The second-order valence-corrected chi connectivity index (χ2v) is 6.08. The number of pyridine rings is 1. The van der Waals surface area contributed by atoms with E-state index in [9.17, 15) is 0 Å². The number of hydrogen-bond donors (Lipinski definition) is 0. The van der Waals surface area contributed by atoms with Crippen LogP contribution in [0.25, 0.3) is 5.52 Å². The summed E-state index contributed by atoms with van der Waals surface area (Å²) in [6.45, 7) is 2.64. The maximum atomic E-state index is 6.02. The van der Waals surface area contributed by atoms with E-state index in [2.05, 4.69) is 32.9 Å². The SMILES string of the molecule is CN1CCCCC1.COc1cc(Br)c(Cl)n2cncc12. The van der Waals surface area contributed by atoms with Crippen molar-refractivity contribution >= 4 is 33.0 Å². The maximum absolute atomic E-state index is 6.02. The average molecular weight is 361 g/mol. The highest BCUT2D eigenvalue weighted by atomic mass is 79.9. The fourth-order valence-corrected chi connectivity index (χ4v) is 2.80. The first kappa shape index (κ1) is 15.6. The molecular weight excluding hydrogens is 342 g/mol. The first-order chi connectivity index (χ1) is 9.63. The van der Waals surface area contributed by atoms with Crippen molar-refractivity contribution in [2.24, 2.45) is 0 Å². The van der Waals surface area contributed by atoms with Crippen LogP contribution in [0.3, 0.4) is 0 Å². The molecule has 20 heavy (non-hydrogen) atoms. The monoisotopic (exact) mass is 359 g/mol. The Bertz CT molecular complexity index is 567. The summed E-state index contributed by atoms with van der Waals surface area (Å²) in [7, 11) is 3.81. The fraction of sp³-hybridized carbons (Fsp3) is 0.500. The molecule has 1 fully saturated rings. The summed E-state index contributed by atoms with van der Waals surface area (Å²) in [5.41, 5.74) is 0.857. The van der Waals surface area contributed by atoms with Gasteiger partial charge in [-0.2, -0.15) is 0 Å². The van der Waals surface area contributed by atoms with Crippen molar-refractivity contribution in [3.63, 3.8) is 0 Å². The molecule has 4 nitrogen and oxygen atoms in total. The van der Waals surface area contributed by atoms with Crippen molar-refractivity contribution in [2.75, 3.05) is 27.2 Å². The lowest BCUT2D eigenvalue weighted by Crippen LogP contribution is -2.24. The predicted octanol–water partition coefficient (Wildman–Crippen LogP) is 3.86. The summed E-state index contributed by atoms with van der Waals surface area (Å²) in [6, 6.07) is 1.82. The summed E-state index contributed by atoms with van der Waals surface area (Å²) in [6.07, 6.45) is 7.62. The summed E-state index contributed by atoms with van der Waals surface area (Å²) in [5.74, 6) is 0.744. The normalized spacial score (nSPS) is 15.8. The second kappa shape index (κ2) is 7.29. The zero-order valence-corrected chi connectivity index (χ0v) is 14.1. The number of rotatable bonds is 1. The van der Waals surface area contributed by atoms with Crippen LogP contribution in [0, 0.1) is 0 Å². The van der Waals surface area contributed by atoms with Gasteiger partial charge in [0.15, 0.2) is 0 Å². The van der Waals surface area contributed by atoms with Crippen molar-refractivity contribution in [3.05, 3.63) is 28.2 Å². The predicted molar refractivity (Wildman–Crippen MR) is 85.8 cm³/mol. The Hall–Kier alpha value is -0.780. The Morgan fingerprint density at radius 3 is 2.55 bits per heavy atom. The van der Waals surface area contributed by atoms with E-state index in [1.54, 1.807) is 24.0 Å². The zero-order chi connectivity index (χ0) is 14.5. The molecule has 3 rings (SSSR count). The summed E-state index contributed by atoms with van der Waals surface area (Å²) < 4.78 is 7.72.